The highest BCUT2D eigenvalue weighted by Gasteiger charge is 2.22. The molecular formula is C28H27N5O4. The van der Waals surface area contributed by atoms with Gasteiger partial charge in [0, 0.05) is 48.4 Å². The van der Waals surface area contributed by atoms with Gasteiger partial charge in [-0.05, 0) is 42.5 Å². The smallest absolute Gasteiger partial charge is 0.270 e. The van der Waals surface area contributed by atoms with Crippen molar-refractivity contribution in [3.63, 3.8) is 0 Å². The van der Waals surface area contributed by atoms with Crippen LogP contribution in [0.4, 0.5) is 0 Å². The first-order valence-electron chi connectivity index (χ1n) is 11.7. The number of aliphatic hydroxyl groups is 2. The van der Waals surface area contributed by atoms with E-state index in [0.29, 0.717) is 16.8 Å². The van der Waals surface area contributed by atoms with Gasteiger partial charge in [-0.3, -0.25) is 14.6 Å². The van der Waals surface area contributed by atoms with Crippen LogP contribution >= 0.6 is 0 Å². The van der Waals surface area contributed by atoms with Crippen LogP contribution in [0.1, 0.15) is 15.9 Å². The van der Waals surface area contributed by atoms with Gasteiger partial charge in [0.25, 0.3) is 11.8 Å². The lowest BCUT2D eigenvalue weighted by Crippen LogP contribution is -2.41. The summed E-state index contributed by atoms with van der Waals surface area (Å²) >= 11 is 0. The Morgan fingerprint density at radius 1 is 0.919 bits per heavy atom. The van der Waals surface area contributed by atoms with Crippen molar-refractivity contribution in [1.82, 2.24) is 25.0 Å². The maximum atomic E-state index is 13.5. The number of carbonyl (C=O) groups is 2. The predicted octanol–water partition coefficient (Wildman–Crippen LogP) is 2.52. The average molecular weight is 498 g/mol. The topological polar surface area (TPSA) is 121 Å². The zero-order valence-corrected chi connectivity index (χ0v) is 20.1. The van der Waals surface area contributed by atoms with Gasteiger partial charge in [-0.15, -0.1) is 0 Å². The number of amides is 2. The monoisotopic (exact) mass is 497 g/mol. The van der Waals surface area contributed by atoms with Crippen molar-refractivity contribution in [3.8, 4) is 16.9 Å². The number of para-hydroxylation sites is 1. The van der Waals surface area contributed by atoms with Gasteiger partial charge in [0.05, 0.1) is 18.9 Å². The molecule has 0 saturated carbocycles. The van der Waals surface area contributed by atoms with Gasteiger partial charge < -0.3 is 20.4 Å². The van der Waals surface area contributed by atoms with E-state index >= 15 is 0 Å². The molecule has 2 aromatic heterocycles. The quantitative estimate of drug-likeness (QED) is 0.290. The van der Waals surface area contributed by atoms with Crippen LogP contribution < -0.4 is 5.32 Å². The molecule has 0 fully saturated rings. The minimum absolute atomic E-state index is 0.00329. The number of nitrogens with one attached hydrogen (secondary N) is 1. The predicted molar refractivity (Wildman–Crippen MR) is 139 cm³/mol. The van der Waals surface area contributed by atoms with E-state index in [9.17, 15) is 19.8 Å². The molecule has 9 nitrogen and oxygen atoms in total. The third-order valence-electron chi connectivity index (χ3n) is 5.54. The van der Waals surface area contributed by atoms with E-state index in [1.54, 1.807) is 65.7 Å². The summed E-state index contributed by atoms with van der Waals surface area (Å²) < 4.78 is 1.69. The Kier molecular flexibility index (Phi) is 8.53. The van der Waals surface area contributed by atoms with Gasteiger partial charge in [0.1, 0.15) is 11.4 Å². The maximum absolute atomic E-state index is 13.5. The molecule has 0 atom stereocenters. The Morgan fingerprint density at radius 2 is 1.59 bits per heavy atom. The van der Waals surface area contributed by atoms with E-state index in [4.69, 9.17) is 5.10 Å². The van der Waals surface area contributed by atoms with Gasteiger partial charge >= 0.3 is 0 Å². The van der Waals surface area contributed by atoms with Gasteiger partial charge in [-0.25, -0.2) is 4.68 Å². The van der Waals surface area contributed by atoms with E-state index in [0.717, 1.165) is 11.3 Å². The highest BCUT2D eigenvalue weighted by Crippen LogP contribution is 2.25. The molecule has 3 N–H and O–H groups in total. The van der Waals surface area contributed by atoms with E-state index in [1.165, 1.54) is 4.90 Å². The normalized spacial score (nSPS) is 11.2. The number of rotatable bonds is 10. The lowest BCUT2D eigenvalue weighted by atomic mass is 10.1. The summed E-state index contributed by atoms with van der Waals surface area (Å²) in [7, 11) is 0. The summed E-state index contributed by atoms with van der Waals surface area (Å²) in [5, 5.41) is 26.4. The molecule has 0 unspecified atom stereocenters. The van der Waals surface area contributed by atoms with Crippen LogP contribution in [0.3, 0.4) is 0 Å². The van der Waals surface area contributed by atoms with Gasteiger partial charge in [0.2, 0.25) is 0 Å². The van der Waals surface area contributed by atoms with E-state index in [-0.39, 0.29) is 32.0 Å². The SMILES string of the molecule is O=C(NC(=Cc1cn(-c2ccccc2)nc1-c1cccnc1)C(=O)N(CCO)CCO)c1ccccc1. The van der Waals surface area contributed by atoms with Gasteiger partial charge in [-0.1, -0.05) is 36.4 Å². The molecule has 0 radical (unpaired) electrons. The zero-order chi connectivity index (χ0) is 26.0. The summed E-state index contributed by atoms with van der Waals surface area (Å²) in [4.78, 5) is 32.0. The first-order chi connectivity index (χ1) is 18.1. The molecule has 2 aromatic carbocycles. The third-order valence-corrected chi connectivity index (χ3v) is 5.54. The summed E-state index contributed by atoms with van der Waals surface area (Å²) in [6.45, 7) is -0.593. The van der Waals surface area contributed by atoms with Crippen LogP contribution in [0.25, 0.3) is 23.0 Å². The van der Waals surface area contributed by atoms with Crippen LogP contribution in [0.5, 0.6) is 0 Å². The fourth-order valence-corrected chi connectivity index (χ4v) is 3.75. The van der Waals surface area contributed by atoms with Gasteiger partial charge in [-0.2, -0.15) is 5.10 Å². The Balaban J connectivity index is 1.82. The van der Waals surface area contributed by atoms with Crippen molar-refractivity contribution in [2.24, 2.45) is 0 Å². The highest BCUT2D eigenvalue weighted by molar-refractivity contribution is 6.05. The minimum atomic E-state index is -0.544. The first-order valence-corrected chi connectivity index (χ1v) is 11.7. The van der Waals surface area contributed by atoms with Crippen LogP contribution in [0.15, 0.2) is 97.1 Å². The molecule has 0 aliphatic rings. The third kappa shape index (κ3) is 6.35. The largest absolute Gasteiger partial charge is 0.395 e. The lowest BCUT2D eigenvalue weighted by molar-refractivity contribution is -0.128. The Hall–Kier alpha value is -4.60. The van der Waals surface area contributed by atoms with Crippen molar-refractivity contribution >= 4 is 17.9 Å². The summed E-state index contributed by atoms with van der Waals surface area (Å²) in [5.74, 6) is -1.01. The van der Waals surface area contributed by atoms with Crippen LogP contribution in [-0.2, 0) is 4.79 Å². The molecule has 4 rings (SSSR count). The molecule has 188 valence electrons. The second-order valence-corrected chi connectivity index (χ2v) is 8.07. The molecular weight excluding hydrogens is 470 g/mol. The molecule has 2 amide bonds. The maximum Gasteiger partial charge on any atom is 0.270 e. The number of benzene rings is 2. The Morgan fingerprint density at radius 3 is 2.22 bits per heavy atom. The zero-order valence-electron chi connectivity index (χ0n) is 20.1. The second kappa shape index (κ2) is 12.4. The molecule has 4 aromatic rings. The lowest BCUT2D eigenvalue weighted by Gasteiger charge is -2.22. The average Bonchev–Trinajstić information content (AvgIpc) is 3.37. The minimum Gasteiger partial charge on any atom is -0.395 e. The molecule has 9 heteroatoms. The summed E-state index contributed by atoms with van der Waals surface area (Å²) in [6, 6.07) is 21.7. The van der Waals surface area contributed by atoms with Crippen LogP contribution in [0.2, 0.25) is 0 Å². The number of aromatic nitrogens is 3. The molecule has 0 aliphatic heterocycles. The second-order valence-electron chi connectivity index (χ2n) is 8.07. The van der Waals surface area contributed by atoms with E-state index in [2.05, 4.69) is 10.3 Å². The fraction of sp³-hybridized carbons (Fsp3) is 0.143. The van der Waals surface area contributed by atoms with E-state index < -0.39 is 11.8 Å². The number of hydrogen-bond donors (Lipinski definition) is 3. The summed E-state index contributed by atoms with van der Waals surface area (Å²) in [5.41, 5.74) is 3.04. The van der Waals surface area contributed by atoms with Crippen LogP contribution in [0, 0.1) is 0 Å². The molecule has 0 bridgehead atoms. The number of aliphatic hydroxyl groups excluding tert-OH is 2. The Labute approximate surface area is 214 Å². The first kappa shape index (κ1) is 25.5. The van der Waals surface area contributed by atoms with Crippen molar-refractivity contribution < 1.29 is 19.8 Å². The molecule has 0 saturated heterocycles. The standard InChI is InChI=1S/C28H27N5O4/c34-16-14-32(15-17-35)28(37)25(30-27(36)21-8-3-1-4-9-21)18-23-20-33(24-11-5-2-6-12-24)31-26(23)22-10-7-13-29-19-22/h1-13,18-20,34-35H,14-17H2,(H,30,36). The van der Waals surface area contributed by atoms with Crippen molar-refractivity contribution in [1.29, 1.82) is 0 Å². The Bertz CT molecular complexity index is 1350. The highest BCUT2D eigenvalue weighted by atomic mass is 16.3. The van der Waals surface area contributed by atoms with Crippen molar-refractivity contribution in [3.05, 3.63) is 108 Å². The molecule has 0 spiro atoms. The van der Waals surface area contributed by atoms with E-state index in [1.807, 2.05) is 36.4 Å². The number of pyridine rings is 1. The number of nitrogens with zero attached hydrogens (tertiary/aromatic N) is 4. The van der Waals surface area contributed by atoms with Crippen molar-refractivity contribution in [2.75, 3.05) is 26.3 Å². The summed E-state index contributed by atoms with van der Waals surface area (Å²) in [6.07, 6.45) is 6.65. The van der Waals surface area contributed by atoms with Crippen molar-refractivity contribution in [2.45, 2.75) is 0 Å². The van der Waals surface area contributed by atoms with Gasteiger partial charge in [0.15, 0.2) is 0 Å². The number of hydrogen-bond acceptors (Lipinski definition) is 6. The molecule has 37 heavy (non-hydrogen) atoms. The number of carbonyl (C=O) groups excluding carboxylic acids is 2. The molecule has 0 aliphatic carbocycles. The fourth-order valence-electron chi connectivity index (χ4n) is 3.75. The van der Waals surface area contributed by atoms with Crippen LogP contribution in [-0.4, -0.2) is 68.0 Å². The molecule has 2 heterocycles.